The Bertz CT molecular complexity index is 461. The highest BCUT2D eigenvalue weighted by Crippen LogP contribution is 2.24. The molecule has 21 heavy (non-hydrogen) atoms. The first-order chi connectivity index (χ1) is 10.0. The van der Waals surface area contributed by atoms with Crippen LogP contribution in [-0.4, -0.2) is 54.0 Å². The standard InChI is InChI=1S/C15H26N4O2/c1-4-7-16-13-10-14(18-12(2)17-13)19(3)11-15(20)5-8-21-9-6-15/h10,20H,4-9,11H2,1-3H3,(H,16,17,18). The number of hydrogen-bond acceptors (Lipinski definition) is 6. The molecular formula is C15H26N4O2. The van der Waals surface area contributed by atoms with Crippen molar-refractivity contribution in [3.05, 3.63) is 11.9 Å². The van der Waals surface area contributed by atoms with E-state index in [1.165, 1.54) is 0 Å². The van der Waals surface area contributed by atoms with Crippen LogP contribution in [0.5, 0.6) is 0 Å². The fourth-order valence-electron chi connectivity index (χ4n) is 2.52. The summed E-state index contributed by atoms with van der Waals surface area (Å²) in [6, 6.07) is 1.94. The molecule has 1 aliphatic heterocycles. The van der Waals surface area contributed by atoms with Crippen molar-refractivity contribution in [3.63, 3.8) is 0 Å². The lowest BCUT2D eigenvalue weighted by molar-refractivity contribution is -0.0573. The monoisotopic (exact) mass is 294 g/mol. The van der Waals surface area contributed by atoms with Gasteiger partial charge in [-0.25, -0.2) is 9.97 Å². The van der Waals surface area contributed by atoms with Crippen LogP contribution >= 0.6 is 0 Å². The number of hydrogen-bond donors (Lipinski definition) is 2. The van der Waals surface area contributed by atoms with Gasteiger partial charge >= 0.3 is 0 Å². The van der Waals surface area contributed by atoms with E-state index in [1.807, 2.05) is 24.9 Å². The Morgan fingerprint density at radius 1 is 1.38 bits per heavy atom. The Kier molecular flexibility index (Phi) is 5.36. The van der Waals surface area contributed by atoms with Crippen LogP contribution in [0.3, 0.4) is 0 Å². The molecule has 0 aliphatic carbocycles. The van der Waals surface area contributed by atoms with E-state index in [2.05, 4.69) is 22.2 Å². The number of nitrogens with zero attached hydrogens (tertiary/aromatic N) is 3. The third-order valence-corrected chi connectivity index (χ3v) is 3.73. The van der Waals surface area contributed by atoms with Gasteiger partial charge in [0.15, 0.2) is 0 Å². The molecule has 6 heteroatoms. The largest absolute Gasteiger partial charge is 0.388 e. The maximum atomic E-state index is 10.6. The highest BCUT2D eigenvalue weighted by Gasteiger charge is 2.31. The molecule has 0 atom stereocenters. The van der Waals surface area contributed by atoms with E-state index in [9.17, 15) is 5.11 Å². The van der Waals surface area contributed by atoms with Crippen LogP contribution in [-0.2, 0) is 4.74 Å². The molecule has 0 spiro atoms. The minimum atomic E-state index is -0.692. The van der Waals surface area contributed by atoms with Crippen molar-refractivity contribution in [3.8, 4) is 0 Å². The highest BCUT2D eigenvalue weighted by atomic mass is 16.5. The van der Waals surface area contributed by atoms with E-state index in [-0.39, 0.29) is 0 Å². The number of aromatic nitrogens is 2. The van der Waals surface area contributed by atoms with Crippen molar-refractivity contribution in [1.29, 1.82) is 0 Å². The third-order valence-electron chi connectivity index (χ3n) is 3.73. The van der Waals surface area contributed by atoms with E-state index >= 15 is 0 Å². The van der Waals surface area contributed by atoms with Gasteiger partial charge in [-0.1, -0.05) is 6.92 Å². The Labute approximate surface area is 126 Å². The van der Waals surface area contributed by atoms with Crippen LogP contribution in [0.2, 0.25) is 0 Å². The van der Waals surface area contributed by atoms with Crippen molar-refractivity contribution in [2.45, 2.75) is 38.7 Å². The van der Waals surface area contributed by atoms with Gasteiger partial charge in [0, 0.05) is 52.3 Å². The third kappa shape index (κ3) is 4.54. The fraction of sp³-hybridized carbons (Fsp3) is 0.733. The molecule has 2 N–H and O–H groups in total. The minimum absolute atomic E-state index is 0.556. The quantitative estimate of drug-likeness (QED) is 0.830. The number of aryl methyl sites for hydroxylation is 1. The average molecular weight is 294 g/mol. The summed E-state index contributed by atoms with van der Waals surface area (Å²) in [6.07, 6.45) is 2.39. The lowest BCUT2D eigenvalue weighted by Gasteiger charge is -2.35. The number of rotatable bonds is 6. The van der Waals surface area contributed by atoms with Crippen LogP contribution in [0.1, 0.15) is 32.0 Å². The molecule has 1 aromatic heterocycles. The molecule has 1 aliphatic rings. The van der Waals surface area contributed by atoms with E-state index in [4.69, 9.17) is 4.74 Å². The molecule has 0 radical (unpaired) electrons. The maximum absolute atomic E-state index is 10.6. The smallest absolute Gasteiger partial charge is 0.134 e. The second-order valence-corrected chi connectivity index (χ2v) is 5.78. The molecule has 6 nitrogen and oxygen atoms in total. The molecule has 0 saturated carbocycles. The van der Waals surface area contributed by atoms with Gasteiger partial charge in [-0.3, -0.25) is 0 Å². The van der Waals surface area contributed by atoms with E-state index in [0.717, 1.165) is 30.4 Å². The number of anilines is 2. The summed E-state index contributed by atoms with van der Waals surface area (Å²) in [5.41, 5.74) is -0.692. The van der Waals surface area contributed by atoms with Gasteiger partial charge in [-0.05, 0) is 13.3 Å². The number of likely N-dealkylation sites (N-methyl/N-ethyl adjacent to an activating group) is 1. The van der Waals surface area contributed by atoms with E-state index in [0.29, 0.717) is 32.6 Å². The van der Waals surface area contributed by atoms with Crippen LogP contribution in [0, 0.1) is 6.92 Å². The highest BCUT2D eigenvalue weighted by molar-refractivity contribution is 5.49. The van der Waals surface area contributed by atoms with Gasteiger partial charge in [-0.15, -0.1) is 0 Å². The van der Waals surface area contributed by atoms with Gasteiger partial charge < -0.3 is 20.1 Å². The molecule has 118 valence electrons. The van der Waals surface area contributed by atoms with Crippen LogP contribution < -0.4 is 10.2 Å². The normalized spacial score (nSPS) is 17.5. The first-order valence-corrected chi connectivity index (χ1v) is 7.63. The molecule has 1 fully saturated rings. The zero-order valence-electron chi connectivity index (χ0n) is 13.2. The summed E-state index contributed by atoms with van der Waals surface area (Å²) < 4.78 is 5.32. The zero-order valence-corrected chi connectivity index (χ0v) is 13.2. The van der Waals surface area contributed by atoms with Crippen LogP contribution in [0.15, 0.2) is 6.07 Å². The first-order valence-electron chi connectivity index (χ1n) is 7.63. The summed E-state index contributed by atoms with van der Waals surface area (Å²) in [5, 5.41) is 13.9. The first kappa shape index (κ1) is 16.0. The Hall–Kier alpha value is -1.40. The Morgan fingerprint density at radius 2 is 2.10 bits per heavy atom. The van der Waals surface area contributed by atoms with Gasteiger partial charge in [-0.2, -0.15) is 0 Å². The lowest BCUT2D eigenvalue weighted by atomic mass is 9.94. The van der Waals surface area contributed by atoms with Crippen molar-refractivity contribution in [2.24, 2.45) is 0 Å². The summed E-state index contributed by atoms with van der Waals surface area (Å²) in [6.45, 7) is 6.69. The van der Waals surface area contributed by atoms with Gasteiger partial charge in [0.1, 0.15) is 17.5 Å². The van der Waals surface area contributed by atoms with Crippen molar-refractivity contribution in [1.82, 2.24) is 9.97 Å². The van der Waals surface area contributed by atoms with Gasteiger partial charge in [0.05, 0.1) is 5.60 Å². The molecule has 0 bridgehead atoms. The second kappa shape index (κ2) is 7.04. The number of aliphatic hydroxyl groups is 1. The number of ether oxygens (including phenoxy) is 1. The average Bonchev–Trinajstić information content (AvgIpc) is 2.45. The zero-order chi connectivity index (χ0) is 15.3. The fourth-order valence-corrected chi connectivity index (χ4v) is 2.52. The molecule has 2 heterocycles. The molecule has 1 saturated heterocycles. The minimum Gasteiger partial charge on any atom is -0.388 e. The lowest BCUT2D eigenvalue weighted by Crippen LogP contribution is -2.46. The summed E-state index contributed by atoms with van der Waals surface area (Å²) in [7, 11) is 1.96. The van der Waals surface area contributed by atoms with Gasteiger partial charge in [0.25, 0.3) is 0 Å². The predicted molar refractivity (Wildman–Crippen MR) is 83.8 cm³/mol. The molecule has 0 unspecified atom stereocenters. The summed E-state index contributed by atoms with van der Waals surface area (Å²) in [5.74, 6) is 2.41. The molecule has 1 aromatic rings. The Balaban J connectivity index is 2.07. The molecular weight excluding hydrogens is 268 g/mol. The van der Waals surface area contributed by atoms with Crippen LogP contribution in [0.4, 0.5) is 11.6 Å². The molecule has 2 rings (SSSR count). The maximum Gasteiger partial charge on any atom is 0.134 e. The second-order valence-electron chi connectivity index (χ2n) is 5.78. The van der Waals surface area contributed by atoms with Crippen molar-refractivity contribution >= 4 is 11.6 Å². The summed E-state index contributed by atoms with van der Waals surface area (Å²) >= 11 is 0. The van der Waals surface area contributed by atoms with Crippen molar-refractivity contribution in [2.75, 3.05) is 43.6 Å². The SMILES string of the molecule is CCCNc1cc(N(C)CC2(O)CCOCC2)nc(C)n1. The van der Waals surface area contributed by atoms with E-state index < -0.39 is 5.60 Å². The van der Waals surface area contributed by atoms with E-state index in [1.54, 1.807) is 0 Å². The molecule has 0 aromatic carbocycles. The Morgan fingerprint density at radius 3 is 2.76 bits per heavy atom. The topological polar surface area (TPSA) is 70.5 Å². The summed E-state index contributed by atoms with van der Waals surface area (Å²) in [4.78, 5) is 10.9. The molecule has 0 amide bonds. The van der Waals surface area contributed by atoms with Crippen molar-refractivity contribution < 1.29 is 9.84 Å². The van der Waals surface area contributed by atoms with Crippen LogP contribution in [0.25, 0.3) is 0 Å². The number of nitrogens with one attached hydrogen (secondary N) is 1. The van der Waals surface area contributed by atoms with Gasteiger partial charge in [0.2, 0.25) is 0 Å². The predicted octanol–water partition coefficient (Wildman–Crippen LogP) is 1.58.